The maximum Gasteiger partial charge on any atom is 0.231 e. The zero-order valence-corrected chi connectivity index (χ0v) is 10.1. The molecule has 3 unspecified atom stereocenters. The van der Waals surface area contributed by atoms with Gasteiger partial charge >= 0.3 is 0 Å². The number of fused-ring (bicyclic) bond motifs is 3. The van der Waals surface area contributed by atoms with Crippen molar-refractivity contribution in [1.29, 1.82) is 0 Å². The van der Waals surface area contributed by atoms with Crippen LogP contribution in [-0.4, -0.2) is 12.2 Å². The third-order valence-electron chi connectivity index (χ3n) is 4.65. The van der Waals surface area contributed by atoms with Gasteiger partial charge in [-0.2, -0.15) is 0 Å². The summed E-state index contributed by atoms with van der Waals surface area (Å²) in [4.78, 5) is 22.9. The molecule has 4 rings (SSSR count). The number of carbonyl (C=O) groups is 2. The first-order chi connectivity index (χ1) is 8.79. The zero-order valence-electron chi connectivity index (χ0n) is 10.1. The first-order valence-electron chi connectivity index (χ1n) is 6.67. The Hall–Kier alpha value is -1.64. The highest BCUT2D eigenvalue weighted by Crippen LogP contribution is 2.50. The molecule has 1 N–H and O–H groups in total. The molecule has 1 saturated carbocycles. The molecule has 1 aromatic carbocycles. The maximum atomic E-state index is 11.8. The van der Waals surface area contributed by atoms with Crippen molar-refractivity contribution >= 4 is 12.2 Å². The summed E-state index contributed by atoms with van der Waals surface area (Å²) >= 11 is 0. The van der Waals surface area contributed by atoms with Gasteiger partial charge in [0.25, 0.3) is 0 Å². The van der Waals surface area contributed by atoms with Gasteiger partial charge in [0, 0.05) is 5.92 Å². The van der Waals surface area contributed by atoms with Crippen molar-refractivity contribution in [2.75, 3.05) is 0 Å². The first kappa shape index (κ1) is 10.3. The van der Waals surface area contributed by atoms with Crippen molar-refractivity contribution < 1.29 is 9.59 Å². The Morgan fingerprint density at radius 1 is 1.28 bits per heavy atom. The Labute approximate surface area is 106 Å². The molecule has 92 valence electrons. The van der Waals surface area contributed by atoms with Crippen LogP contribution in [-0.2, 0) is 16.0 Å². The summed E-state index contributed by atoms with van der Waals surface area (Å²) in [5, 5.41) is 3.03. The molecule has 1 amide bonds. The van der Waals surface area contributed by atoms with Crippen LogP contribution in [0.1, 0.15) is 41.5 Å². The second-order valence-corrected chi connectivity index (χ2v) is 5.71. The van der Waals surface area contributed by atoms with Crippen molar-refractivity contribution in [3.8, 4) is 0 Å². The lowest BCUT2D eigenvalue weighted by atomic mass is 9.91. The molecule has 0 spiro atoms. The van der Waals surface area contributed by atoms with Crippen LogP contribution in [0.4, 0.5) is 0 Å². The van der Waals surface area contributed by atoms with Crippen LogP contribution in [0.2, 0.25) is 0 Å². The Bertz CT molecular complexity index is 547. The minimum atomic E-state index is -0.450. The molecule has 3 nitrogen and oxygen atoms in total. The molecule has 3 aliphatic rings. The van der Waals surface area contributed by atoms with Crippen LogP contribution in [0.5, 0.6) is 0 Å². The van der Waals surface area contributed by atoms with Crippen molar-refractivity contribution in [3.05, 3.63) is 34.9 Å². The van der Waals surface area contributed by atoms with Crippen molar-refractivity contribution in [2.24, 2.45) is 11.8 Å². The van der Waals surface area contributed by atoms with Gasteiger partial charge < -0.3 is 10.1 Å². The van der Waals surface area contributed by atoms with E-state index < -0.39 is 5.92 Å². The van der Waals surface area contributed by atoms with Crippen LogP contribution in [0, 0.1) is 11.8 Å². The van der Waals surface area contributed by atoms with E-state index in [9.17, 15) is 9.59 Å². The Balaban J connectivity index is 1.81. The molecular weight excluding hydrogens is 226 g/mol. The van der Waals surface area contributed by atoms with Crippen molar-refractivity contribution in [2.45, 2.75) is 31.2 Å². The predicted octanol–water partition coefficient (Wildman–Crippen LogP) is 1.72. The third-order valence-corrected chi connectivity index (χ3v) is 4.65. The average Bonchev–Trinajstić information content (AvgIpc) is 3.08. The number of hydrogen-bond donors (Lipinski definition) is 1. The van der Waals surface area contributed by atoms with Crippen molar-refractivity contribution in [3.63, 3.8) is 0 Å². The van der Waals surface area contributed by atoms with E-state index in [2.05, 4.69) is 23.5 Å². The lowest BCUT2D eigenvalue weighted by molar-refractivity contribution is -0.127. The average molecular weight is 241 g/mol. The Kier molecular flexibility index (Phi) is 1.97. The summed E-state index contributed by atoms with van der Waals surface area (Å²) in [5.41, 5.74) is 4.07. The lowest BCUT2D eigenvalue weighted by Gasteiger charge is -2.14. The topological polar surface area (TPSA) is 46.2 Å². The fourth-order valence-corrected chi connectivity index (χ4v) is 3.65. The minimum Gasteiger partial charge on any atom is -0.348 e. The molecule has 18 heavy (non-hydrogen) atoms. The molecule has 3 atom stereocenters. The van der Waals surface area contributed by atoms with E-state index in [0.717, 1.165) is 12.7 Å². The largest absolute Gasteiger partial charge is 0.348 e. The normalized spacial score (nSPS) is 32.9. The molecule has 0 bridgehead atoms. The van der Waals surface area contributed by atoms with E-state index >= 15 is 0 Å². The van der Waals surface area contributed by atoms with E-state index in [1.54, 1.807) is 0 Å². The molecule has 1 aliphatic heterocycles. The number of rotatable bonds is 2. The molecule has 0 aromatic heterocycles. The highest BCUT2D eigenvalue weighted by molar-refractivity contribution is 5.95. The van der Waals surface area contributed by atoms with Gasteiger partial charge in [-0.1, -0.05) is 18.2 Å². The van der Waals surface area contributed by atoms with E-state index in [-0.39, 0.29) is 17.9 Å². The molecule has 3 heteroatoms. The van der Waals surface area contributed by atoms with Crippen molar-refractivity contribution in [1.82, 2.24) is 5.32 Å². The van der Waals surface area contributed by atoms with Crippen LogP contribution in [0.3, 0.4) is 0 Å². The van der Waals surface area contributed by atoms with Crippen LogP contribution in [0.15, 0.2) is 18.2 Å². The smallest absolute Gasteiger partial charge is 0.231 e. The predicted molar refractivity (Wildman–Crippen MR) is 66.0 cm³/mol. The summed E-state index contributed by atoms with van der Waals surface area (Å²) in [6.45, 7) is 0. The summed E-state index contributed by atoms with van der Waals surface area (Å²) in [6.07, 6.45) is 4.21. The van der Waals surface area contributed by atoms with Gasteiger partial charge in [-0.3, -0.25) is 4.79 Å². The summed E-state index contributed by atoms with van der Waals surface area (Å²) < 4.78 is 0. The van der Waals surface area contributed by atoms with Gasteiger partial charge in [0.2, 0.25) is 5.91 Å². The van der Waals surface area contributed by atoms with Gasteiger partial charge in [0.1, 0.15) is 6.29 Å². The summed E-state index contributed by atoms with van der Waals surface area (Å²) in [6, 6.07) is 6.54. The number of aldehydes is 1. The van der Waals surface area contributed by atoms with Gasteiger partial charge in [-0.05, 0) is 41.9 Å². The SMILES string of the molecule is O=CC1C(=O)NC2c3c(cccc3C3CC3)CC12. The maximum absolute atomic E-state index is 11.8. The molecule has 1 aromatic rings. The number of benzene rings is 1. The monoisotopic (exact) mass is 241 g/mol. The highest BCUT2D eigenvalue weighted by Gasteiger charge is 2.48. The quantitative estimate of drug-likeness (QED) is 0.633. The van der Waals surface area contributed by atoms with Gasteiger partial charge in [0.15, 0.2) is 0 Å². The summed E-state index contributed by atoms with van der Waals surface area (Å²) in [5.74, 6) is 0.293. The Morgan fingerprint density at radius 3 is 2.83 bits per heavy atom. The lowest BCUT2D eigenvalue weighted by Crippen LogP contribution is -2.23. The van der Waals surface area contributed by atoms with Gasteiger partial charge in [0.05, 0.1) is 12.0 Å². The number of amides is 1. The molecular formula is C15H15NO2. The number of nitrogens with one attached hydrogen (secondary N) is 1. The van der Waals surface area contributed by atoms with E-state index in [1.807, 2.05) is 0 Å². The molecule has 0 radical (unpaired) electrons. The molecule has 2 fully saturated rings. The van der Waals surface area contributed by atoms with Crippen LogP contribution < -0.4 is 5.32 Å². The molecule has 1 saturated heterocycles. The van der Waals surface area contributed by atoms with Gasteiger partial charge in [-0.25, -0.2) is 0 Å². The van der Waals surface area contributed by atoms with Crippen LogP contribution >= 0.6 is 0 Å². The number of hydrogen-bond acceptors (Lipinski definition) is 2. The standard InChI is InChI=1S/C15H15NO2/c17-7-12-11-6-9-2-1-3-10(8-4-5-8)13(9)14(11)16-15(12)18/h1-3,7-8,11-12,14H,4-6H2,(H,16,18). The fourth-order valence-electron chi connectivity index (χ4n) is 3.65. The van der Waals surface area contributed by atoms with Gasteiger partial charge in [-0.15, -0.1) is 0 Å². The number of carbonyl (C=O) groups excluding carboxylic acids is 2. The zero-order chi connectivity index (χ0) is 12.3. The fraction of sp³-hybridized carbons (Fsp3) is 0.467. The first-order valence-corrected chi connectivity index (χ1v) is 6.67. The summed E-state index contributed by atoms with van der Waals surface area (Å²) in [7, 11) is 0. The minimum absolute atomic E-state index is 0.0829. The van der Waals surface area contributed by atoms with E-state index in [4.69, 9.17) is 0 Å². The second-order valence-electron chi connectivity index (χ2n) is 5.71. The third kappa shape index (κ3) is 1.25. The molecule has 2 aliphatic carbocycles. The highest BCUT2D eigenvalue weighted by atomic mass is 16.2. The van der Waals surface area contributed by atoms with Crippen LogP contribution in [0.25, 0.3) is 0 Å². The van der Waals surface area contributed by atoms with E-state index in [1.165, 1.54) is 29.5 Å². The Morgan fingerprint density at radius 2 is 2.11 bits per heavy atom. The molecule has 1 heterocycles. The second kappa shape index (κ2) is 3.44. The van der Waals surface area contributed by atoms with E-state index in [0.29, 0.717) is 5.92 Å².